The second-order valence-electron chi connectivity index (χ2n) is 3.09. The zero-order valence-electron chi connectivity index (χ0n) is 8.84. The number of hydrogen-bond acceptors (Lipinski definition) is 3. The van der Waals surface area contributed by atoms with Gasteiger partial charge >= 0.3 is 5.97 Å². The standard InChI is InChI=1S/C10H9F3INO2/c1-2-17-7(16)4-5-3-6(14)15-10(13)8(5)9(11)12/h3,9H,2,4H2,1H3. The van der Waals surface area contributed by atoms with E-state index in [0.717, 1.165) is 0 Å². The number of nitrogens with zero attached hydrogens (tertiary/aromatic N) is 1. The summed E-state index contributed by atoms with van der Waals surface area (Å²) in [6.07, 6.45) is -3.40. The Morgan fingerprint density at radius 1 is 1.59 bits per heavy atom. The number of alkyl halides is 2. The molecule has 0 spiro atoms. The van der Waals surface area contributed by atoms with Crippen molar-refractivity contribution in [2.24, 2.45) is 0 Å². The predicted molar refractivity (Wildman–Crippen MR) is 62.2 cm³/mol. The van der Waals surface area contributed by atoms with Gasteiger partial charge in [0.25, 0.3) is 6.43 Å². The summed E-state index contributed by atoms with van der Waals surface area (Å²) in [5.74, 6) is -1.91. The summed E-state index contributed by atoms with van der Waals surface area (Å²) in [5, 5.41) is 0. The number of rotatable bonds is 4. The van der Waals surface area contributed by atoms with E-state index < -0.39 is 23.9 Å². The summed E-state index contributed by atoms with van der Waals surface area (Å²) in [6, 6.07) is 1.25. The molecule has 7 heteroatoms. The fourth-order valence-corrected chi connectivity index (χ4v) is 1.87. The first-order chi connectivity index (χ1) is 7.95. The number of carbonyl (C=O) groups is 1. The molecule has 1 heterocycles. The summed E-state index contributed by atoms with van der Waals surface area (Å²) in [5.41, 5.74) is -0.922. The molecular formula is C10H9F3INO2. The lowest BCUT2D eigenvalue weighted by atomic mass is 10.1. The molecule has 0 fully saturated rings. The fourth-order valence-electron chi connectivity index (χ4n) is 1.28. The van der Waals surface area contributed by atoms with Crippen LogP contribution >= 0.6 is 22.6 Å². The van der Waals surface area contributed by atoms with E-state index in [1.54, 1.807) is 29.5 Å². The topological polar surface area (TPSA) is 39.2 Å². The van der Waals surface area contributed by atoms with Gasteiger partial charge in [-0.2, -0.15) is 4.39 Å². The number of hydrogen-bond donors (Lipinski definition) is 0. The third-order valence-corrected chi connectivity index (χ3v) is 2.48. The molecule has 1 rings (SSSR count). The van der Waals surface area contributed by atoms with E-state index in [1.807, 2.05) is 0 Å². The highest BCUT2D eigenvalue weighted by atomic mass is 127. The lowest BCUT2D eigenvalue weighted by Gasteiger charge is -2.09. The van der Waals surface area contributed by atoms with Gasteiger partial charge in [0, 0.05) is 0 Å². The van der Waals surface area contributed by atoms with Crippen molar-refractivity contribution in [1.29, 1.82) is 0 Å². The van der Waals surface area contributed by atoms with Gasteiger partial charge in [-0.05, 0) is 41.1 Å². The van der Waals surface area contributed by atoms with Crippen molar-refractivity contribution in [2.75, 3.05) is 6.61 Å². The monoisotopic (exact) mass is 359 g/mol. The summed E-state index contributed by atoms with van der Waals surface area (Å²) in [4.78, 5) is 14.5. The minimum absolute atomic E-state index is 0.0876. The molecule has 0 atom stereocenters. The Kier molecular flexibility index (Phi) is 5.16. The van der Waals surface area contributed by atoms with Crippen LogP contribution in [-0.2, 0) is 16.0 Å². The number of carbonyl (C=O) groups excluding carboxylic acids is 1. The molecule has 0 unspecified atom stereocenters. The maximum Gasteiger partial charge on any atom is 0.310 e. The van der Waals surface area contributed by atoms with Gasteiger partial charge in [-0.25, -0.2) is 13.8 Å². The van der Waals surface area contributed by atoms with Gasteiger partial charge in [0.15, 0.2) is 0 Å². The Labute approximate surface area is 110 Å². The van der Waals surface area contributed by atoms with Gasteiger partial charge in [0.05, 0.1) is 18.6 Å². The molecule has 17 heavy (non-hydrogen) atoms. The molecular weight excluding hydrogens is 350 g/mol. The molecule has 3 nitrogen and oxygen atoms in total. The Balaban J connectivity index is 3.08. The molecule has 0 amide bonds. The number of esters is 1. The van der Waals surface area contributed by atoms with Crippen molar-refractivity contribution in [1.82, 2.24) is 4.98 Å². The molecule has 0 aromatic carbocycles. The number of pyridine rings is 1. The van der Waals surface area contributed by atoms with Crippen LogP contribution in [0.3, 0.4) is 0 Å². The average molecular weight is 359 g/mol. The molecule has 1 aromatic heterocycles. The molecule has 0 aliphatic heterocycles. The van der Waals surface area contributed by atoms with Gasteiger partial charge in [-0.1, -0.05) is 0 Å². The van der Waals surface area contributed by atoms with E-state index in [4.69, 9.17) is 0 Å². The predicted octanol–water partition coefficient (Wildman–Crippen LogP) is 2.87. The summed E-state index contributed by atoms with van der Waals surface area (Å²) in [6.45, 7) is 1.75. The summed E-state index contributed by atoms with van der Waals surface area (Å²) >= 11 is 1.69. The van der Waals surface area contributed by atoms with Crippen LogP contribution in [0.5, 0.6) is 0 Å². The van der Waals surface area contributed by atoms with Crippen LogP contribution in [0.15, 0.2) is 6.07 Å². The second-order valence-corrected chi connectivity index (χ2v) is 4.20. The van der Waals surface area contributed by atoms with Gasteiger partial charge in [-0.3, -0.25) is 4.79 Å². The third-order valence-electron chi connectivity index (χ3n) is 1.92. The molecule has 0 radical (unpaired) electrons. The van der Waals surface area contributed by atoms with Crippen LogP contribution in [0.2, 0.25) is 0 Å². The van der Waals surface area contributed by atoms with Crippen LogP contribution in [0, 0.1) is 9.65 Å². The zero-order valence-corrected chi connectivity index (χ0v) is 11.0. The van der Waals surface area contributed by atoms with Crippen LogP contribution in [-0.4, -0.2) is 17.6 Å². The van der Waals surface area contributed by atoms with Gasteiger partial charge in [0.2, 0.25) is 5.95 Å². The van der Waals surface area contributed by atoms with E-state index in [9.17, 15) is 18.0 Å². The third kappa shape index (κ3) is 3.83. The SMILES string of the molecule is CCOC(=O)Cc1cc(I)nc(F)c1C(F)F. The second kappa shape index (κ2) is 6.18. The average Bonchev–Trinajstić information content (AvgIpc) is 2.15. The molecule has 0 saturated heterocycles. The number of aromatic nitrogens is 1. The minimum atomic E-state index is -3.01. The molecule has 0 bridgehead atoms. The zero-order chi connectivity index (χ0) is 13.0. The Morgan fingerprint density at radius 3 is 2.76 bits per heavy atom. The summed E-state index contributed by atoms with van der Waals surface area (Å²) < 4.78 is 43.3. The van der Waals surface area contributed by atoms with Crippen molar-refractivity contribution in [2.45, 2.75) is 19.8 Å². The Bertz CT molecular complexity index is 426. The smallest absolute Gasteiger partial charge is 0.310 e. The van der Waals surface area contributed by atoms with Crippen LogP contribution in [0.4, 0.5) is 13.2 Å². The fraction of sp³-hybridized carbons (Fsp3) is 0.400. The molecule has 0 aliphatic carbocycles. The van der Waals surface area contributed by atoms with Crippen molar-refractivity contribution < 1.29 is 22.7 Å². The highest BCUT2D eigenvalue weighted by Gasteiger charge is 2.22. The van der Waals surface area contributed by atoms with Crippen LogP contribution in [0.25, 0.3) is 0 Å². The van der Waals surface area contributed by atoms with Crippen LogP contribution < -0.4 is 0 Å². The normalized spacial score (nSPS) is 10.7. The van der Waals surface area contributed by atoms with Gasteiger partial charge in [-0.15, -0.1) is 0 Å². The lowest BCUT2D eigenvalue weighted by molar-refractivity contribution is -0.142. The first kappa shape index (κ1) is 14.2. The number of halogens is 4. The largest absolute Gasteiger partial charge is 0.466 e. The highest BCUT2D eigenvalue weighted by molar-refractivity contribution is 14.1. The molecule has 94 valence electrons. The van der Waals surface area contributed by atoms with Gasteiger partial charge in [0.1, 0.15) is 3.70 Å². The first-order valence-electron chi connectivity index (χ1n) is 4.74. The quantitative estimate of drug-likeness (QED) is 0.472. The Morgan fingerprint density at radius 2 is 2.24 bits per heavy atom. The first-order valence-corrected chi connectivity index (χ1v) is 5.82. The van der Waals surface area contributed by atoms with E-state index in [-0.39, 0.29) is 22.3 Å². The van der Waals surface area contributed by atoms with Crippen molar-refractivity contribution >= 4 is 28.6 Å². The van der Waals surface area contributed by atoms with Crippen LogP contribution in [0.1, 0.15) is 24.5 Å². The summed E-state index contributed by atoms with van der Waals surface area (Å²) in [7, 11) is 0. The van der Waals surface area contributed by atoms with E-state index >= 15 is 0 Å². The number of ether oxygens (including phenoxy) is 1. The molecule has 0 N–H and O–H groups in total. The molecule has 0 aliphatic rings. The van der Waals surface area contributed by atoms with E-state index in [0.29, 0.717) is 0 Å². The van der Waals surface area contributed by atoms with Crippen molar-refractivity contribution in [3.63, 3.8) is 0 Å². The molecule has 1 aromatic rings. The minimum Gasteiger partial charge on any atom is -0.466 e. The van der Waals surface area contributed by atoms with E-state index in [2.05, 4.69) is 9.72 Å². The lowest BCUT2D eigenvalue weighted by Crippen LogP contribution is -2.12. The highest BCUT2D eigenvalue weighted by Crippen LogP contribution is 2.26. The molecule has 0 saturated carbocycles. The maximum absolute atomic E-state index is 13.2. The van der Waals surface area contributed by atoms with Crippen molar-refractivity contribution in [3.8, 4) is 0 Å². The van der Waals surface area contributed by atoms with E-state index in [1.165, 1.54) is 6.07 Å². The van der Waals surface area contributed by atoms with Gasteiger partial charge < -0.3 is 4.74 Å². The Hall–Kier alpha value is -0.860. The maximum atomic E-state index is 13.2. The van der Waals surface area contributed by atoms with Crippen molar-refractivity contribution in [3.05, 3.63) is 26.8 Å².